The number of fused-ring (bicyclic) bond motifs is 2. The van der Waals surface area contributed by atoms with Gasteiger partial charge in [0.25, 0.3) is 11.8 Å². The summed E-state index contributed by atoms with van der Waals surface area (Å²) in [6.07, 6.45) is 0.669. The molecule has 8 atom stereocenters. The van der Waals surface area contributed by atoms with Crippen molar-refractivity contribution in [3.05, 3.63) is 0 Å². The third kappa shape index (κ3) is 0.464. The first-order valence-electron chi connectivity index (χ1n) is 5.73. The van der Waals surface area contributed by atoms with Crippen LogP contribution < -0.4 is 0 Å². The van der Waals surface area contributed by atoms with Gasteiger partial charge in [0.1, 0.15) is 0 Å². The van der Waals surface area contributed by atoms with Gasteiger partial charge in [-0.15, -0.1) is 0 Å². The highest BCUT2D eigenvalue weighted by Gasteiger charge is 2.93. The second-order valence-electron chi connectivity index (χ2n) is 6.17. The highest BCUT2D eigenvalue weighted by atomic mass is 19.3. The first kappa shape index (κ1) is 7.91. The molecule has 0 aromatic heterocycles. The molecule has 5 aliphatic rings. The standard InChI is InChI=1S/C11H10F4/c12-10(13)6-2-1-3-5-4(2)8(10)9(5)11(14,15)7(3)6/h2-9H,1H2/t2-,3+,4+,5-,6-,7-,8-,9+/m1/s1. The predicted octanol–water partition coefficient (Wildman–Crippen LogP) is 2.64. The van der Waals surface area contributed by atoms with Gasteiger partial charge >= 0.3 is 0 Å². The third-order valence-corrected chi connectivity index (χ3v) is 6.28. The zero-order valence-electron chi connectivity index (χ0n) is 7.84. The van der Waals surface area contributed by atoms with E-state index in [1.54, 1.807) is 0 Å². The highest BCUT2D eigenvalue weighted by molar-refractivity contribution is 5.34. The van der Waals surface area contributed by atoms with Crippen molar-refractivity contribution in [1.29, 1.82) is 0 Å². The van der Waals surface area contributed by atoms with Gasteiger partial charge in [-0.25, -0.2) is 17.6 Å². The van der Waals surface area contributed by atoms with Gasteiger partial charge in [0.2, 0.25) is 0 Å². The van der Waals surface area contributed by atoms with E-state index < -0.39 is 35.5 Å². The van der Waals surface area contributed by atoms with Crippen molar-refractivity contribution >= 4 is 0 Å². The van der Waals surface area contributed by atoms with Crippen molar-refractivity contribution in [2.24, 2.45) is 47.3 Å². The van der Waals surface area contributed by atoms with Crippen molar-refractivity contribution in [3.8, 4) is 0 Å². The molecule has 0 aromatic rings. The number of hydrogen-bond acceptors (Lipinski definition) is 0. The SMILES string of the molecule is FC1(F)[C@@H]2[C@@H]3C[C@H]4[C@@H]5[C@H]3[C@@H]1[C@H]5C(F)(F)[C@H]42. The van der Waals surface area contributed by atoms with Crippen molar-refractivity contribution in [1.82, 2.24) is 0 Å². The summed E-state index contributed by atoms with van der Waals surface area (Å²) in [5.74, 6) is -9.60. The summed E-state index contributed by atoms with van der Waals surface area (Å²) in [6, 6.07) is 0. The van der Waals surface area contributed by atoms with E-state index >= 15 is 0 Å². The Morgan fingerprint density at radius 1 is 0.667 bits per heavy atom. The fourth-order valence-electron chi connectivity index (χ4n) is 6.33. The fourth-order valence-corrected chi connectivity index (χ4v) is 6.33. The van der Waals surface area contributed by atoms with Crippen LogP contribution in [0.25, 0.3) is 0 Å². The molecule has 0 spiro atoms. The third-order valence-electron chi connectivity index (χ3n) is 6.28. The summed E-state index contributed by atoms with van der Waals surface area (Å²) in [4.78, 5) is 0. The molecule has 0 radical (unpaired) electrons. The Morgan fingerprint density at radius 3 is 1.47 bits per heavy atom. The summed E-state index contributed by atoms with van der Waals surface area (Å²) >= 11 is 0. The lowest BCUT2D eigenvalue weighted by Gasteiger charge is -2.49. The lowest BCUT2D eigenvalue weighted by Crippen LogP contribution is -2.57. The molecular formula is C11H10F4. The Morgan fingerprint density at radius 2 is 1.07 bits per heavy atom. The lowest BCUT2D eigenvalue weighted by molar-refractivity contribution is -0.250. The quantitative estimate of drug-likeness (QED) is 0.548. The molecule has 0 amide bonds. The molecule has 0 aliphatic heterocycles. The molecule has 5 aliphatic carbocycles. The van der Waals surface area contributed by atoms with Crippen molar-refractivity contribution < 1.29 is 17.6 Å². The van der Waals surface area contributed by atoms with E-state index in [4.69, 9.17) is 0 Å². The Labute approximate surface area is 84.0 Å². The molecule has 15 heavy (non-hydrogen) atoms. The number of halogens is 4. The summed E-state index contributed by atoms with van der Waals surface area (Å²) in [7, 11) is 0. The molecule has 0 N–H and O–H groups in total. The predicted molar refractivity (Wildman–Crippen MR) is 42.4 cm³/mol. The van der Waals surface area contributed by atoms with Gasteiger partial charge in [0.15, 0.2) is 0 Å². The van der Waals surface area contributed by atoms with Crippen LogP contribution in [0.15, 0.2) is 0 Å². The van der Waals surface area contributed by atoms with Crippen LogP contribution in [-0.4, -0.2) is 11.8 Å². The summed E-state index contributed by atoms with van der Waals surface area (Å²) in [5.41, 5.74) is 0. The van der Waals surface area contributed by atoms with Gasteiger partial charge in [-0.2, -0.15) is 0 Å². The summed E-state index contributed by atoms with van der Waals surface area (Å²) in [5, 5.41) is 0. The Bertz CT molecular complexity index is 350. The molecule has 5 saturated carbocycles. The average Bonchev–Trinajstić information content (AvgIpc) is 2.52. The molecule has 5 rings (SSSR count). The van der Waals surface area contributed by atoms with Gasteiger partial charge in [0, 0.05) is 23.7 Å². The molecule has 0 nitrogen and oxygen atoms in total. The minimum Gasteiger partial charge on any atom is -0.206 e. The van der Waals surface area contributed by atoms with Crippen LogP contribution in [0.5, 0.6) is 0 Å². The lowest BCUT2D eigenvalue weighted by atomic mass is 9.58. The second kappa shape index (κ2) is 1.65. The monoisotopic (exact) mass is 218 g/mol. The largest absolute Gasteiger partial charge is 0.255 e. The fraction of sp³-hybridized carbons (Fsp3) is 1.00. The Hall–Kier alpha value is -0.280. The number of alkyl halides is 4. The Kier molecular flexibility index (Phi) is 0.868. The van der Waals surface area contributed by atoms with E-state index in [0.29, 0.717) is 6.42 Å². The maximum atomic E-state index is 13.9. The molecule has 82 valence electrons. The molecule has 0 unspecified atom stereocenters. The van der Waals surface area contributed by atoms with Crippen LogP contribution in [0.3, 0.4) is 0 Å². The maximum absolute atomic E-state index is 13.9. The average molecular weight is 218 g/mol. The maximum Gasteiger partial charge on any atom is 0.255 e. The van der Waals surface area contributed by atoms with Crippen LogP contribution in [0.4, 0.5) is 17.6 Å². The topological polar surface area (TPSA) is 0 Å². The van der Waals surface area contributed by atoms with E-state index in [0.717, 1.165) is 0 Å². The van der Waals surface area contributed by atoms with E-state index in [9.17, 15) is 17.6 Å². The molecule has 5 fully saturated rings. The van der Waals surface area contributed by atoms with Gasteiger partial charge < -0.3 is 0 Å². The van der Waals surface area contributed by atoms with E-state index in [1.165, 1.54) is 0 Å². The van der Waals surface area contributed by atoms with Crippen LogP contribution in [0, 0.1) is 47.3 Å². The Balaban J connectivity index is 1.83. The van der Waals surface area contributed by atoms with Crippen LogP contribution in [0.1, 0.15) is 6.42 Å². The number of rotatable bonds is 0. The molecule has 0 aromatic carbocycles. The molecule has 0 heterocycles. The minimum absolute atomic E-state index is 0.0374. The molecule has 0 saturated heterocycles. The second-order valence-corrected chi connectivity index (χ2v) is 6.17. The van der Waals surface area contributed by atoms with Crippen LogP contribution >= 0.6 is 0 Å². The molecular weight excluding hydrogens is 208 g/mol. The van der Waals surface area contributed by atoms with E-state index in [-0.39, 0.29) is 23.7 Å². The number of hydrogen-bond donors (Lipinski definition) is 0. The van der Waals surface area contributed by atoms with Gasteiger partial charge in [-0.1, -0.05) is 0 Å². The van der Waals surface area contributed by atoms with Gasteiger partial charge in [0.05, 0.1) is 0 Å². The molecule has 2 bridgehead atoms. The van der Waals surface area contributed by atoms with E-state index in [1.807, 2.05) is 0 Å². The zero-order chi connectivity index (χ0) is 10.3. The zero-order valence-corrected chi connectivity index (χ0v) is 7.84. The van der Waals surface area contributed by atoms with Crippen LogP contribution in [-0.2, 0) is 0 Å². The minimum atomic E-state index is -2.77. The van der Waals surface area contributed by atoms with Gasteiger partial charge in [-0.05, 0) is 30.1 Å². The highest BCUT2D eigenvalue weighted by Crippen LogP contribution is 2.89. The van der Waals surface area contributed by atoms with Crippen molar-refractivity contribution in [3.63, 3.8) is 0 Å². The van der Waals surface area contributed by atoms with Gasteiger partial charge in [-0.3, -0.25) is 0 Å². The smallest absolute Gasteiger partial charge is 0.206 e. The summed E-state index contributed by atoms with van der Waals surface area (Å²) in [6.45, 7) is 0. The van der Waals surface area contributed by atoms with Crippen molar-refractivity contribution in [2.75, 3.05) is 0 Å². The summed E-state index contributed by atoms with van der Waals surface area (Å²) < 4.78 is 55.6. The first-order valence-corrected chi connectivity index (χ1v) is 5.73. The normalized spacial score (nSPS) is 72.8. The van der Waals surface area contributed by atoms with E-state index in [2.05, 4.69) is 0 Å². The van der Waals surface area contributed by atoms with Crippen molar-refractivity contribution in [2.45, 2.75) is 18.3 Å². The first-order chi connectivity index (χ1) is 6.97. The van der Waals surface area contributed by atoms with Crippen LogP contribution in [0.2, 0.25) is 0 Å². The molecule has 4 heteroatoms.